The maximum atomic E-state index is 13.1. The van der Waals surface area contributed by atoms with Crippen molar-refractivity contribution in [2.75, 3.05) is 40.9 Å². The molecule has 3 unspecified atom stereocenters. The van der Waals surface area contributed by atoms with Gasteiger partial charge in [0.05, 0.1) is 39.9 Å². The van der Waals surface area contributed by atoms with Crippen molar-refractivity contribution in [3.63, 3.8) is 0 Å². The molecule has 0 saturated heterocycles. The van der Waals surface area contributed by atoms with E-state index in [4.69, 9.17) is 9.05 Å². The zero-order chi connectivity index (χ0) is 66.9. The second-order valence-electron chi connectivity index (χ2n) is 27.7. The molecule has 0 saturated carbocycles. The number of carbonyl (C=O) groups is 1. The first-order valence-corrected chi connectivity index (χ1v) is 40.7. The van der Waals surface area contributed by atoms with E-state index in [-0.39, 0.29) is 19.1 Å². The van der Waals surface area contributed by atoms with E-state index in [2.05, 4.69) is 129 Å². The molecule has 0 radical (unpaired) electrons. The van der Waals surface area contributed by atoms with Crippen LogP contribution in [0.2, 0.25) is 0 Å². The molecule has 0 spiro atoms. The van der Waals surface area contributed by atoms with E-state index in [9.17, 15) is 19.4 Å². The van der Waals surface area contributed by atoms with Crippen LogP contribution in [0.5, 0.6) is 0 Å². The Morgan fingerprint density at radius 3 is 0.967 bits per heavy atom. The molecule has 92 heavy (non-hydrogen) atoms. The summed E-state index contributed by atoms with van der Waals surface area (Å²) in [5.74, 6) is -0.164. The Hall–Kier alpha value is -2.84. The lowest BCUT2D eigenvalue weighted by atomic mass is 10.0. The van der Waals surface area contributed by atoms with Gasteiger partial charge in [0, 0.05) is 6.42 Å². The standard InChI is InChI=1S/C83H151N2O6P/c1-6-8-10-12-14-16-18-20-22-24-26-28-30-32-34-36-37-38-39-40-41-42-43-44-45-46-47-49-51-53-55-57-59-61-63-65-67-69-71-73-75-77-83(87)84-81(80-91-92(88,89)90-79-78-85(3,4)5)82(86)76-74-72-70-68-66-64-62-60-58-56-54-52-50-48-35-33-31-29-27-25-23-21-19-17-15-13-11-9-7-2/h8,10,14,16,20,22,26,28,32,34,37-38,40-41,43-44,46-47,81-82,86H,6-7,9,11-13,15,17-19,21,23-25,27,29-31,33,35-36,39,42,45,48-80H2,1-5H3,(H-,84,87,88,89)/b10-8-,16-14-,22-20-,28-26-,34-32-,38-37-,41-40-,44-43-,47-46-. The largest absolute Gasteiger partial charge is 0.756 e. The van der Waals surface area contributed by atoms with Crippen molar-refractivity contribution in [1.82, 2.24) is 5.32 Å². The second-order valence-corrected chi connectivity index (χ2v) is 29.1. The molecule has 0 aliphatic carbocycles. The fourth-order valence-corrected chi connectivity index (χ4v) is 12.2. The summed E-state index contributed by atoms with van der Waals surface area (Å²) in [6, 6.07) is -0.809. The van der Waals surface area contributed by atoms with Crippen LogP contribution < -0.4 is 10.2 Å². The van der Waals surface area contributed by atoms with E-state index in [0.29, 0.717) is 23.9 Å². The maximum absolute atomic E-state index is 13.1. The predicted octanol–water partition coefficient (Wildman–Crippen LogP) is 25.2. The number of allylic oxidation sites excluding steroid dienone is 18. The lowest BCUT2D eigenvalue weighted by Gasteiger charge is -2.30. The number of likely N-dealkylation sites (N-methyl/N-ethyl adjacent to an activating group) is 1. The highest BCUT2D eigenvalue weighted by atomic mass is 31.2. The van der Waals surface area contributed by atoms with Gasteiger partial charge in [-0.3, -0.25) is 9.36 Å². The summed E-state index contributed by atoms with van der Waals surface area (Å²) in [4.78, 5) is 25.7. The molecule has 0 aromatic rings. The highest BCUT2D eigenvalue weighted by molar-refractivity contribution is 7.45. The summed E-state index contributed by atoms with van der Waals surface area (Å²) < 4.78 is 23.6. The van der Waals surface area contributed by atoms with Gasteiger partial charge in [0.1, 0.15) is 13.2 Å². The maximum Gasteiger partial charge on any atom is 0.268 e. The van der Waals surface area contributed by atoms with Crippen molar-refractivity contribution in [2.45, 2.75) is 373 Å². The summed E-state index contributed by atoms with van der Waals surface area (Å²) in [7, 11) is 1.31. The molecule has 3 atom stereocenters. The van der Waals surface area contributed by atoms with Gasteiger partial charge in [0.2, 0.25) is 5.91 Å². The van der Waals surface area contributed by atoms with Gasteiger partial charge in [-0.25, -0.2) is 0 Å². The number of quaternary nitrogens is 1. The quantitative estimate of drug-likeness (QED) is 0.0272. The molecule has 1 amide bonds. The van der Waals surface area contributed by atoms with Crippen LogP contribution in [0.3, 0.4) is 0 Å². The van der Waals surface area contributed by atoms with Gasteiger partial charge >= 0.3 is 0 Å². The van der Waals surface area contributed by atoms with Gasteiger partial charge in [0.15, 0.2) is 0 Å². The number of nitrogens with one attached hydrogen (secondary N) is 1. The van der Waals surface area contributed by atoms with Crippen molar-refractivity contribution in [2.24, 2.45) is 0 Å². The molecular weight excluding hydrogens is 1150 g/mol. The van der Waals surface area contributed by atoms with Crippen molar-refractivity contribution in [3.05, 3.63) is 109 Å². The average molecular weight is 1300 g/mol. The first-order chi connectivity index (χ1) is 45.0. The van der Waals surface area contributed by atoms with Gasteiger partial charge in [-0.1, -0.05) is 380 Å². The predicted molar refractivity (Wildman–Crippen MR) is 403 cm³/mol. The SMILES string of the molecule is CC/C=C\C/C=C\C/C=C\C/C=C\C/C=C\C/C=C\C/C=C\C/C=C\C/C=C\CCCCCCCCCCCCCCCC(=O)NC(COP(=O)([O-])OCC[N+](C)(C)C)C(O)CCCCCCCCCCCCCCCCCCCCCCCCCCCCCCC. The van der Waals surface area contributed by atoms with E-state index in [0.717, 1.165) is 96.3 Å². The third-order valence-corrected chi connectivity index (χ3v) is 18.5. The minimum atomic E-state index is -4.59. The number of unbranched alkanes of at least 4 members (excludes halogenated alkanes) is 41. The molecule has 2 N–H and O–H groups in total. The van der Waals surface area contributed by atoms with E-state index in [1.165, 1.54) is 238 Å². The van der Waals surface area contributed by atoms with Crippen molar-refractivity contribution >= 4 is 13.7 Å². The highest BCUT2D eigenvalue weighted by Gasteiger charge is 2.24. The number of aliphatic hydroxyl groups is 1. The highest BCUT2D eigenvalue weighted by Crippen LogP contribution is 2.38. The number of amides is 1. The number of phosphoric ester groups is 1. The number of hydrogen-bond acceptors (Lipinski definition) is 6. The summed E-state index contributed by atoms with van der Waals surface area (Å²) in [6.45, 7) is 4.65. The third kappa shape index (κ3) is 74.6. The second kappa shape index (κ2) is 72.4. The zero-order valence-corrected chi connectivity index (χ0v) is 62.1. The Morgan fingerprint density at radius 1 is 0.391 bits per heavy atom. The third-order valence-electron chi connectivity index (χ3n) is 17.5. The Bertz CT molecular complexity index is 1870. The summed E-state index contributed by atoms with van der Waals surface area (Å²) >= 11 is 0. The fourth-order valence-electron chi connectivity index (χ4n) is 11.5. The van der Waals surface area contributed by atoms with E-state index in [1.54, 1.807) is 0 Å². The lowest BCUT2D eigenvalue weighted by Crippen LogP contribution is -2.46. The van der Waals surface area contributed by atoms with Crippen molar-refractivity contribution in [1.29, 1.82) is 0 Å². The zero-order valence-electron chi connectivity index (χ0n) is 61.2. The van der Waals surface area contributed by atoms with Crippen LogP contribution in [0.4, 0.5) is 0 Å². The number of aliphatic hydroxyl groups excluding tert-OH is 1. The molecule has 0 rings (SSSR count). The Balaban J connectivity index is 4.00. The van der Waals surface area contributed by atoms with E-state index in [1.807, 2.05) is 21.1 Å². The van der Waals surface area contributed by atoms with Gasteiger partial charge in [-0.05, 0) is 83.5 Å². The molecule has 9 heteroatoms. The smallest absolute Gasteiger partial charge is 0.268 e. The van der Waals surface area contributed by atoms with Crippen molar-refractivity contribution < 1.29 is 32.9 Å². The molecule has 0 bridgehead atoms. The van der Waals surface area contributed by atoms with Crippen LogP contribution in [-0.2, 0) is 18.4 Å². The Kier molecular flexibility index (Phi) is 70.2. The van der Waals surface area contributed by atoms with Gasteiger partial charge in [0.25, 0.3) is 7.82 Å². The molecule has 534 valence electrons. The minimum absolute atomic E-state index is 0.00936. The molecule has 0 aliphatic rings. The van der Waals surface area contributed by atoms with Gasteiger partial charge in [-0.2, -0.15) is 0 Å². The van der Waals surface area contributed by atoms with Crippen LogP contribution in [0.1, 0.15) is 361 Å². The molecular formula is C83H151N2O6P. The number of carbonyl (C=O) groups excluding carboxylic acids is 1. The van der Waals surface area contributed by atoms with E-state index >= 15 is 0 Å². The Morgan fingerprint density at radius 2 is 0.663 bits per heavy atom. The van der Waals surface area contributed by atoms with Crippen LogP contribution in [0.15, 0.2) is 109 Å². The normalized spacial score (nSPS) is 14.1. The number of phosphoric acid groups is 1. The summed E-state index contributed by atoms with van der Waals surface area (Å²) in [5, 5.41) is 14.1. The van der Waals surface area contributed by atoms with Gasteiger partial charge < -0.3 is 28.8 Å². The van der Waals surface area contributed by atoms with Crippen LogP contribution in [0.25, 0.3) is 0 Å². The fraction of sp³-hybridized carbons (Fsp3) is 0.771. The number of rotatable bonds is 72. The molecule has 0 aliphatic heterocycles. The first kappa shape index (κ1) is 89.2. The Labute approximate surface area is 572 Å². The minimum Gasteiger partial charge on any atom is -0.756 e. The molecule has 0 aromatic heterocycles. The summed E-state index contributed by atoms with van der Waals surface area (Å²) in [5.41, 5.74) is 0. The molecule has 0 heterocycles. The van der Waals surface area contributed by atoms with Crippen molar-refractivity contribution in [3.8, 4) is 0 Å². The molecule has 0 aromatic carbocycles. The first-order valence-electron chi connectivity index (χ1n) is 39.2. The number of nitrogens with zero attached hydrogens (tertiary/aromatic N) is 1. The number of hydrogen-bond donors (Lipinski definition) is 2. The topological polar surface area (TPSA) is 108 Å². The lowest BCUT2D eigenvalue weighted by molar-refractivity contribution is -0.870. The monoisotopic (exact) mass is 1300 g/mol. The van der Waals surface area contributed by atoms with E-state index < -0.39 is 20.0 Å². The van der Waals surface area contributed by atoms with Gasteiger partial charge in [-0.15, -0.1) is 0 Å². The van der Waals surface area contributed by atoms with Crippen LogP contribution >= 0.6 is 7.82 Å². The average Bonchev–Trinajstić information content (AvgIpc) is 2.63. The van der Waals surface area contributed by atoms with Crippen LogP contribution in [0, 0.1) is 0 Å². The van der Waals surface area contributed by atoms with Crippen LogP contribution in [-0.4, -0.2) is 68.5 Å². The summed E-state index contributed by atoms with van der Waals surface area (Å²) in [6.07, 6.45) is 106. The molecule has 0 fully saturated rings. The molecule has 8 nitrogen and oxygen atoms in total.